The number of rotatable bonds is 4. The van der Waals surface area contributed by atoms with Crippen molar-refractivity contribution in [1.82, 2.24) is 5.32 Å². The summed E-state index contributed by atoms with van der Waals surface area (Å²) < 4.78 is 6.46. The molecule has 0 amide bonds. The lowest BCUT2D eigenvalue weighted by atomic mass is 9.84. The van der Waals surface area contributed by atoms with E-state index in [0.29, 0.717) is 6.61 Å². The monoisotopic (exact) mass is 311 g/mol. The smallest absolute Gasteiger partial charge is 0.313 e. The number of esters is 1. The van der Waals surface area contributed by atoms with Crippen molar-refractivity contribution in [1.29, 1.82) is 0 Å². The molecule has 1 unspecified atom stereocenters. The Kier molecular flexibility index (Phi) is 4.40. The maximum atomic E-state index is 12.2. The van der Waals surface area contributed by atoms with Gasteiger partial charge in [-0.05, 0) is 25.5 Å². The predicted molar refractivity (Wildman–Crippen MR) is 74.1 cm³/mol. The lowest BCUT2D eigenvalue weighted by Gasteiger charge is -2.24. The third-order valence-corrected chi connectivity index (χ3v) is 4.44. The molecule has 1 aliphatic heterocycles. The van der Waals surface area contributed by atoms with Crippen molar-refractivity contribution >= 4 is 21.9 Å². The van der Waals surface area contributed by atoms with Crippen LogP contribution in [0.25, 0.3) is 0 Å². The Labute approximate surface area is 116 Å². The Balaban J connectivity index is 1.98. The summed E-state index contributed by atoms with van der Waals surface area (Å²) in [5.74, 6) is -0.0780. The van der Waals surface area contributed by atoms with Crippen molar-refractivity contribution in [3.63, 3.8) is 0 Å². The summed E-state index contributed by atoms with van der Waals surface area (Å²) >= 11 is 3.46. The normalized spacial score (nSPS) is 23.0. The Bertz CT molecular complexity index is 428. The molecule has 0 aliphatic carbocycles. The molecule has 0 spiro atoms. The Hall–Kier alpha value is -0.870. The SMILES string of the molecule is CCC1(C(=O)OCc2ccccc2Br)CCNC1. The van der Waals surface area contributed by atoms with E-state index in [2.05, 4.69) is 21.2 Å². The molecule has 4 heteroatoms. The van der Waals surface area contributed by atoms with Gasteiger partial charge in [-0.2, -0.15) is 0 Å². The third-order valence-electron chi connectivity index (χ3n) is 3.67. The average Bonchev–Trinajstić information content (AvgIpc) is 2.87. The second-order valence-corrected chi connectivity index (χ2v) is 5.58. The lowest BCUT2D eigenvalue weighted by Crippen LogP contribution is -2.34. The average molecular weight is 312 g/mol. The maximum Gasteiger partial charge on any atom is 0.313 e. The van der Waals surface area contributed by atoms with Gasteiger partial charge < -0.3 is 10.1 Å². The number of ether oxygens (including phenoxy) is 1. The van der Waals surface area contributed by atoms with Crippen molar-refractivity contribution in [3.8, 4) is 0 Å². The number of hydrogen-bond donors (Lipinski definition) is 1. The third kappa shape index (κ3) is 2.75. The van der Waals surface area contributed by atoms with Gasteiger partial charge in [0.2, 0.25) is 0 Å². The summed E-state index contributed by atoms with van der Waals surface area (Å²) in [5, 5.41) is 3.24. The molecule has 1 heterocycles. The van der Waals surface area contributed by atoms with Gasteiger partial charge in [0.15, 0.2) is 0 Å². The highest BCUT2D eigenvalue weighted by atomic mass is 79.9. The molecule has 0 aromatic heterocycles. The zero-order valence-electron chi connectivity index (χ0n) is 10.5. The van der Waals surface area contributed by atoms with E-state index in [1.807, 2.05) is 31.2 Å². The van der Waals surface area contributed by atoms with Gasteiger partial charge >= 0.3 is 5.97 Å². The van der Waals surface area contributed by atoms with Crippen LogP contribution in [0.3, 0.4) is 0 Å². The summed E-state index contributed by atoms with van der Waals surface area (Å²) in [6.45, 7) is 4.02. The quantitative estimate of drug-likeness (QED) is 0.869. The van der Waals surface area contributed by atoms with E-state index in [4.69, 9.17) is 4.74 Å². The van der Waals surface area contributed by atoms with Gasteiger partial charge in [0, 0.05) is 16.6 Å². The van der Waals surface area contributed by atoms with Gasteiger partial charge in [-0.3, -0.25) is 4.79 Å². The Morgan fingerprint density at radius 1 is 1.50 bits per heavy atom. The van der Waals surface area contributed by atoms with Crippen LogP contribution < -0.4 is 5.32 Å². The first-order chi connectivity index (χ1) is 8.68. The van der Waals surface area contributed by atoms with Gasteiger partial charge in [-0.25, -0.2) is 0 Å². The second kappa shape index (κ2) is 5.85. The summed E-state index contributed by atoms with van der Waals surface area (Å²) in [5.41, 5.74) is 0.685. The molecule has 98 valence electrons. The van der Waals surface area contributed by atoms with Gasteiger partial charge in [0.25, 0.3) is 0 Å². The molecule has 1 atom stereocenters. The zero-order valence-corrected chi connectivity index (χ0v) is 12.1. The van der Waals surface area contributed by atoms with Gasteiger partial charge in [0.05, 0.1) is 5.41 Å². The Morgan fingerprint density at radius 2 is 2.28 bits per heavy atom. The van der Waals surface area contributed by atoms with Gasteiger partial charge in [-0.15, -0.1) is 0 Å². The highest BCUT2D eigenvalue weighted by molar-refractivity contribution is 9.10. The van der Waals surface area contributed by atoms with Crippen molar-refractivity contribution in [2.45, 2.75) is 26.4 Å². The summed E-state index contributed by atoms with van der Waals surface area (Å²) in [4.78, 5) is 12.2. The maximum absolute atomic E-state index is 12.2. The van der Waals surface area contributed by atoms with Gasteiger partial charge in [0.1, 0.15) is 6.61 Å². The molecule has 1 saturated heterocycles. The van der Waals surface area contributed by atoms with Crippen LogP contribution in [0.4, 0.5) is 0 Å². The first kappa shape index (κ1) is 13.6. The van der Waals surface area contributed by atoms with E-state index in [0.717, 1.165) is 36.0 Å². The molecule has 1 aliphatic rings. The highest BCUT2D eigenvalue weighted by Crippen LogP contribution is 2.31. The number of nitrogens with one attached hydrogen (secondary N) is 1. The molecule has 18 heavy (non-hydrogen) atoms. The van der Waals surface area contributed by atoms with Crippen molar-refractivity contribution in [2.24, 2.45) is 5.41 Å². The molecule has 0 bridgehead atoms. The largest absolute Gasteiger partial charge is 0.460 e. The molecule has 0 radical (unpaired) electrons. The number of benzene rings is 1. The number of hydrogen-bond acceptors (Lipinski definition) is 3. The fraction of sp³-hybridized carbons (Fsp3) is 0.500. The lowest BCUT2D eigenvalue weighted by molar-refractivity contribution is -0.156. The molecule has 1 fully saturated rings. The molecule has 2 rings (SSSR count). The first-order valence-corrected chi connectivity index (χ1v) is 7.08. The number of carbonyl (C=O) groups excluding carboxylic acids is 1. The summed E-state index contributed by atoms with van der Waals surface area (Å²) in [6.07, 6.45) is 1.70. The van der Waals surface area contributed by atoms with Crippen LogP contribution in [0.5, 0.6) is 0 Å². The predicted octanol–water partition coefficient (Wildman–Crippen LogP) is 2.88. The molecule has 1 N–H and O–H groups in total. The topological polar surface area (TPSA) is 38.3 Å². The fourth-order valence-corrected chi connectivity index (χ4v) is 2.68. The highest BCUT2D eigenvalue weighted by Gasteiger charge is 2.40. The van der Waals surface area contributed by atoms with Gasteiger partial charge in [-0.1, -0.05) is 41.1 Å². The molecule has 0 saturated carbocycles. The van der Waals surface area contributed by atoms with Crippen molar-refractivity contribution in [2.75, 3.05) is 13.1 Å². The zero-order chi connectivity index (χ0) is 13.0. The molecule has 3 nitrogen and oxygen atoms in total. The fourth-order valence-electron chi connectivity index (χ4n) is 2.28. The van der Waals surface area contributed by atoms with Crippen molar-refractivity contribution < 1.29 is 9.53 Å². The van der Waals surface area contributed by atoms with E-state index in [9.17, 15) is 4.79 Å². The first-order valence-electron chi connectivity index (χ1n) is 6.29. The van der Waals surface area contributed by atoms with E-state index < -0.39 is 0 Å². The number of carbonyl (C=O) groups is 1. The van der Waals surface area contributed by atoms with Crippen LogP contribution in [0.15, 0.2) is 28.7 Å². The van der Waals surface area contributed by atoms with Crippen LogP contribution >= 0.6 is 15.9 Å². The van der Waals surface area contributed by atoms with Crippen LogP contribution in [0, 0.1) is 5.41 Å². The molecule has 1 aromatic rings. The molecule has 1 aromatic carbocycles. The van der Waals surface area contributed by atoms with Crippen LogP contribution in [-0.4, -0.2) is 19.1 Å². The van der Waals surface area contributed by atoms with E-state index in [1.165, 1.54) is 0 Å². The summed E-state index contributed by atoms with van der Waals surface area (Å²) in [6, 6.07) is 7.81. The second-order valence-electron chi connectivity index (χ2n) is 4.73. The molecular formula is C14H18BrNO2. The van der Waals surface area contributed by atoms with E-state index >= 15 is 0 Å². The summed E-state index contributed by atoms with van der Waals surface area (Å²) in [7, 11) is 0. The molecular weight excluding hydrogens is 294 g/mol. The minimum Gasteiger partial charge on any atom is -0.460 e. The van der Waals surface area contributed by atoms with E-state index in [-0.39, 0.29) is 11.4 Å². The Morgan fingerprint density at radius 3 is 2.89 bits per heavy atom. The van der Waals surface area contributed by atoms with Crippen LogP contribution in [-0.2, 0) is 16.1 Å². The van der Waals surface area contributed by atoms with Crippen molar-refractivity contribution in [3.05, 3.63) is 34.3 Å². The standard InChI is InChI=1S/C14H18BrNO2/c1-2-14(7-8-16-10-14)13(17)18-9-11-5-3-4-6-12(11)15/h3-6,16H,2,7-10H2,1H3. The minimum absolute atomic E-state index is 0.0780. The van der Waals surface area contributed by atoms with Crippen LogP contribution in [0.1, 0.15) is 25.3 Å². The van der Waals surface area contributed by atoms with E-state index in [1.54, 1.807) is 0 Å². The minimum atomic E-state index is -0.318. The van der Waals surface area contributed by atoms with Crippen LogP contribution in [0.2, 0.25) is 0 Å². The number of halogens is 1.